The van der Waals surface area contributed by atoms with Gasteiger partial charge in [0.05, 0.1) is 16.9 Å². The van der Waals surface area contributed by atoms with Crippen LogP contribution < -0.4 is 15.5 Å². The molecule has 1 fully saturated rings. The third-order valence-electron chi connectivity index (χ3n) is 4.69. The highest BCUT2D eigenvalue weighted by atomic mass is 16.5. The highest BCUT2D eigenvalue weighted by Gasteiger charge is 2.36. The van der Waals surface area contributed by atoms with Gasteiger partial charge in [0.2, 0.25) is 5.91 Å². The van der Waals surface area contributed by atoms with E-state index in [1.54, 1.807) is 19.1 Å². The van der Waals surface area contributed by atoms with E-state index in [2.05, 4.69) is 15.5 Å². The molecule has 140 valence electrons. The van der Waals surface area contributed by atoms with Gasteiger partial charge >= 0.3 is 5.97 Å². The van der Waals surface area contributed by atoms with Crippen LogP contribution in [0.25, 0.3) is 0 Å². The molecule has 1 aromatic rings. The van der Waals surface area contributed by atoms with Crippen LogP contribution in [0.1, 0.15) is 44.0 Å². The molecule has 0 bridgehead atoms. The molecule has 0 unspecified atom stereocenters. The number of nitrogens with one attached hydrogen (secondary N) is 2. The first-order chi connectivity index (χ1) is 12.4. The van der Waals surface area contributed by atoms with Crippen LogP contribution in [0, 0.1) is 5.92 Å². The number of hydrogen-bond donors (Lipinski definition) is 2. The highest BCUT2D eigenvalue weighted by Crippen LogP contribution is 2.37. The summed E-state index contributed by atoms with van der Waals surface area (Å²) in [5.74, 6) is -0.626. The van der Waals surface area contributed by atoms with Gasteiger partial charge in [0.1, 0.15) is 6.04 Å². The number of ether oxygens (including phenoxy) is 1. The van der Waals surface area contributed by atoms with Crippen molar-refractivity contribution in [3.8, 4) is 0 Å². The zero-order valence-electron chi connectivity index (χ0n) is 15.4. The Kier molecular flexibility index (Phi) is 5.15. The third kappa shape index (κ3) is 3.66. The summed E-state index contributed by atoms with van der Waals surface area (Å²) in [5, 5.41) is 5.61. The Bertz CT molecular complexity index is 731. The summed E-state index contributed by atoms with van der Waals surface area (Å²) in [6.07, 6.45) is 0.942. The number of fused-ring (bicyclic) bond motifs is 3. The van der Waals surface area contributed by atoms with E-state index < -0.39 is 12.1 Å². The van der Waals surface area contributed by atoms with E-state index in [1.807, 2.05) is 19.9 Å². The average molecular weight is 359 g/mol. The van der Waals surface area contributed by atoms with Gasteiger partial charge in [-0.1, -0.05) is 13.8 Å². The van der Waals surface area contributed by atoms with Crippen LogP contribution in [0.2, 0.25) is 0 Å². The zero-order chi connectivity index (χ0) is 18.8. The zero-order valence-corrected chi connectivity index (χ0v) is 15.4. The Hall–Kier alpha value is -2.57. The lowest BCUT2D eigenvalue weighted by Gasteiger charge is -2.33. The number of hydrogen-bond acceptors (Lipinski definition) is 5. The van der Waals surface area contributed by atoms with Crippen molar-refractivity contribution in [2.75, 3.05) is 23.3 Å². The Morgan fingerprint density at radius 2 is 2.12 bits per heavy atom. The molecule has 0 spiro atoms. The maximum atomic E-state index is 12.4. The van der Waals surface area contributed by atoms with E-state index in [1.165, 1.54) is 0 Å². The molecule has 26 heavy (non-hydrogen) atoms. The molecule has 7 heteroatoms. The monoisotopic (exact) mass is 359 g/mol. The largest absolute Gasteiger partial charge is 0.449 e. The molecule has 2 N–H and O–H groups in total. The van der Waals surface area contributed by atoms with Crippen molar-refractivity contribution in [2.45, 2.75) is 45.8 Å². The first kappa shape index (κ1) is 18.2. The molecule has 0 aliphatic carbocycles. The molecule has 0 radical (unpaired) electrons. The van der Waals surface area contributed by atoms with Crippen molar-refractivity contribution in [1.82, 2.24) is 5.32 Å². The molecule has 1 aromatic carbocycles. The maximum Gasteiger partial charge on any atom is 0.338 e. The van der Waals surface area contributed by atoms with Crippen LogP contribution in [0.5, 0.6) is 0 Å². The van der Waals surface area contributed by atoms with Crippen molar-refractivity contribution in [2.24, 2.45) is 5.92 Å². The molecule has 2 heterocycles. The van der Waals surface area contributed by atoms with Crippen LogP contribution in [-0.2, 0) is 14.3 Å². The van der Waals surface area contributed by atoms with Crippen molar-refractivity contribution in [3.63, 3.8) is 0 Å². The second-order valence-corrected chi connectivity index (χ2v) is 7.26. The predicted octanol–water partition coefficient (Wildman–Crippen LogP) is 1.92. The standard InChI is InChI=1S/C19H25N3O4/c1-11(2)10-20-17(23)12(3)26-19(25)13-6-7-15-14(9-13)21-18(24)16-5-4-8-22(15)16/h6-7,9,11-12,16H,4-5,8,10H2,1-3H3,(H,20,23)(H,21,24)/t12-,16-/m0/s1. The average Bonchev–Trinajstić information content (AvgIpc) is 3.09. The van der Waals surface area contributed by atoms with Crippen molar-refractivity contribution in [1.29, 1.82) is 0 Å². The number of anilines is 2. The lowest BCUT2D eigenvalue weighted by atomic mass is 10.1. The number of nitrogens with zero attached hydrogens (tertiary/aromatic N) is 1. The van der Waals surface area contributed by atoms with Crippen molar-refractivity contribution in [3.05, 3.63) is 23.8 Å². The quantitative estimate of drug-likeness (QED) is 0.785. The van der Waals surface area contributed by atoms with Gasteiger partial charge in [-0.15, -0.1) is 0 Å². The fourth-order valence-corrected chi connectivity index (χ4v) is 3.29. The van der Waals surface area contributed by atoms with Gasteiger partial charge in [-0.05, 0) is 43.9 Å². The molecule has 0 aromatic heterocycles. The molecule has 1 saturated heterocycles. The summed E-state index contributed by atoms with van der Waals surface area (Å²) in [5.41, 5.74) is 1.84. The van der Waals surface area contributed by atoms with Gasteiger partial charge in [0, 0.05) is 13.1 Å². The summed E-state index contributed by atoms with van der Waals surface area (Å²) in [7, 11) is 0. The van der Waals surface area contributed by atoms with Crippen LogP contribution >= 0.6 is 0 Å². The van der Waals surface area contributed by atoms with Gasteiger partial charge in [0.25, 0.3) is 5.91 Å². The minimum atomic E-state index is -0.880. The molecule has 0 saturated carbocycles. The summed E-state index contributed by atoms with van der Waals surface area (Å²) in [6, 6.07) is 4.99. The van der Waals surface area contributed by atoms with E-state index >= 15 is 0 Å². The Morgan fingerprint density at radius 1 is 1.35 bits per heavy atom. The van der Waals surface area contributed by atoms with E-state index in [9.17, 15) is 14.4 Å². The number of amides is 2. The molecule has 2 atom stereocenters. The highest BCUT2D eigenvalue weighted by molar-refractivity contribution is 6.05. The number of esters is 1. The molecule has 2 amide bonds. The molecule has 3 rings (SSSR count). The Labute approximate surface area is 153 Å². The smallest absolute Gasteiger partial charge is 0.338 e. The van der Waals surface area contributed by atoms with E-state index in [0.717, 1.165) is 25.1 Å². The predicted molar refractivity (Wildman–Crippen MR) is 98.2 cm³/mol. The lowest BCUT2D eigenvalue weighted by Crippen LogP contribution is -2.44. The molecule has 7 nitrogen and oxygen atoms in total. The van der Waals surface area contributed by atoms with Gasteiger partial charge < -0.3 is 20.3 Å². The summed E-state index contributed by atoms with van der Waals surface area (Å²) < 4.78 is 5.26. The third-order valence-corrected chi connectivity index (χ3v) is 4.69. The van der Waals surface area contributed by atoms with Crippen LogP contribution in [0.3, 0.4) is 0 Å². The fraction of sp³-hybridized carbons (Fsp3) is 0.526. The van der Waals surface area contributed by atoms with Crippen molar-refractivity contribution >= 4 is 29.2 Å². The van der Waals surface area contributed by atoms with Crippen LogP contribution in [0.4, 0.5) is 11.4 Å². The van der Waals surface area contributed by atoms with Crippen LogP contribution in [0.15, 0.2) is 18.2 Å². The summed E-state index contributed by atoms with van der Waals surface area (Å²) >= 11 is 0. The topological polar surface area (TPSA) is 87.7 Å². The molecule has 2 aliphatic rings. The van der Waals surface area contributed by atoms with E-state index in [0.29, 0.717) is 23.7 Å². The van der Waals surface area contributed by atoms with E-state index in [-0.39, 0.29) is 17.9 Å². The van der Waals surface area contributed by atoms with Gasteiger partial charge in [-0.3, -0.25) is 9.59 Å². The van der Waals surface area contributed by atoms with Gasteiger partial charge in [-0.2, -0.15) is 0 Å². The normalized spacial score (nSPS) is 19.5. The fourth-order valence-electron chi connectivity index (χ4n) is 3.29. The SMILES string of the molecule is CC(C)CNC(=O)[C@H](C)OC(=O)c1ccc2c(c1)NC(=O)[C@@H]1CCCN21. The summed E-state index contributed by atoms with van der Waals surface area (Å²) in [4.78, 5) is 38.6. The Balaban J connectivity index is 1.68. The lowest BCUT2D eigenvalue weighted by molar-refractivity contribution is -0.129. The molecule has 2 aliphatic heterocycles. The minimum Gasteiger partial charge on any atom is -0.449 e. The first-order valence-corrected chi connectivity index (χ1v) is 9.07. The van der Waals surface area contributed by atoms with E-state index in [4.69, 9.17) is 4.74 Å². The number of benzene rings is 1. The summed E-state index contributed by atoms with van der Waals surface area (Å²) in [6.45, 7) is 6.89. The van der Waals surface area contributed by atoms with Gasteiger partial charge in [-0.25, -0.2) is 4.79 Å². The van der Waals surface area contributed by atoms with Gasteiger partial charge in [0.15, 0.2) is 6.10 Å². The second-order valence-electron chi connectivity index (χ2n) is 7.26. The number of carbonyl (C=O) groups is 3. The first-order valence-electron chi connectivity index (χ1n) is 9.07. The van der Waals surface area contributed by atoms with Crippen molar-refractivity contribution < 1.29 is 19.1 Å². The second kappa shape index (κ2) is 7.35. The van der Waals surface area contributed by atoms with Crippen LogP contribution in [-0.4, -0.2) is 43.0 Å². The number of carbonyl (C=O) groups excluding carboxylic acids is 3. The minimum absolute atomic E-state index is 0.0399. The maximum absolute atomic E-state index is 12.4. The number of rotatable bonds is 5. The Morgan fingerprint density at radius 3 is 2.85 bits per heavy atom. The molecular weight excluding hydrogens is 334 g/mol. The molecular formula is C19H25N3O4.